The fourth-order valence-electron chi connectivity index (χ4n) is 3.35. The van der Waals surface area contributed by atoms with Crippen molar-refractivity contribution in [3.05, 3.63) is 23.3 Å². The van der Waals surface area contributed by atoms with Crippen molar-refractivity contribution in [2.45, 2.75) is 71.3 Å². The van der Waals surface area contributed by atoms with Gasteiger partial charge >= 0.3 is 0 Å². The standard InChI is InChI=1S/C19H31NO2/c1-2-3-4-5-6-7-8-9-11-20-12-10-16-13-17(21)14-19(22)18(16)15-20/h13-14,21-22H,2-12,15H2,1H3. The smallest absolute Gasteiger partial charge is 0.124 e. The number of rotatable bonds is 9. The van der Waals surface area contributed by atoms with Crippen molar-refractivity contribution in [1.29, 1.82) is 0 Å². The van der Waals surface area contributed by atoms with Gasteiger partial charge in [-0.1, -0.05) is 51.9 Å². The fraction of sp³-hybridized carbons (Fsp3) is 0.684. The number of hydrogen-bond donors (Lipinski definition) is 2. The maximum Gasteiger partial charge on any atom is 0.124 e. The molecule has 0 aliphatic carbocycles. The average Bonchev–Trinajstić information content (AvgIpc) is 2.50. The van der Waals surface area contributed by atoms with Crippen LogP contribution in [0.15, 0.2) is 12.1 Å². The molecule has 0 bridgehead atoms. The molecule has 2 N–H and O–H groups in total. The van der Waals surface area contributed by atoms with E-state index in [0.29, 0.717) is 0 Å². The Hall–Kier alpha value is -1.22. The molecule has 0 fully saturated rings. The summed E-state index contributed by atoms with van der Waals surface area (Å²) in [5, 5.41) is 19.5. The molecular formula is C19H31NO2. The molecule has 0 saturated carbocycles. The molecule has 124 valence electrons. The molecule has 2 rings (SSSR count). The van der Waals surface area contributed by atoms with Gasteiger partial charge in [0.05, 0.1) is 0 Å². The Morgan fingerprint density at radius 1 is 0.955 bits per heavy atom. The molecule has 0 radical (unpaired) electrons. The first-order valence-electron chi connectivity index (χ1n) is 8.96. The molecule has 3 heteroatoms. The van der Waals surface area contributed by atoms with Gasteiger partial charge in [0.2, 0.25) is 0 Å². The lowest BCUT2D eigenvalue weighted by Gasteiger charge is -2.29. The van der Waals surface area contributed by atoms with Crippen LogP contribution in [0, 0.1) is 0 Å². The summed E-state index contributed by atoms with van der Waals surface area (Å²) in [5.41, 5.74) is 2.10. The molecule has 0 spiro atoms. The van der Waals surface area contributed by atoms with Crippen molar-refractivity contribution in [1.82, 2.24) is 4.90 Å². The van der Waals surface area contributed by atoms with E-state index < -0.39 is 0 Å². The van der Waals surface area contributed by atoms with E-state index in [1.165, 1.54) is 57.4 Å². The van der Waals surface area contributed by atoms with Crippen LogP contribution in [0.2, 0.25) is 0 Å². The first-order valence-corrected chi connectivity index (χ1v) is 8.96. The van der Waals surface area contributed by atoms with Gasteiger partial charge in [0.15, 0.2) is 0 Å². The van der Waals surface area contributed by atoms with E-state index in [9.17, 15) is 10.2 Å². The molecule has 0 aromatic heterocycles. The number of unbranched alkanes of at least 4 members (excludes halogenated alkanes) is 7. The van der Waals surface area contributed by atoms with E-state index in [1.54, 1.807) is 6.07 Å². The lowest BCUT2D eigenvalue weighted by Crippen LogP contribution is -2.31. The zero-order chi connectivity index (χ0) is 15.8. The van der Waals surface area contributed by atoms with Crippen LogP contribution >= 0.6 is 0 Å². The van der Waals surface area contributed by atoms with E-state index in [-0.39, 0.29) is 11.5 Å². The van der Waals surface area contributed by atoms with Gasteiger partial charge in [-0.25, -0.2) is 0 Å². The third kappa shape index (κ3) is 5.20. The van der Waals surface area contributed by atoms with Crippen LogP contribution in [0.5, 0.6) is 11.5 Å². The van der Waals surface area contributed by atoms with E-state index in [4.69, 9.17) is 0 Å². The van der Waals surface area contributed by atoms with E-state index in [1.807, 2.05) is 0 Å². The lowest BCUT2D eigenvalue weighted by molar-refractivity contribution is 0.243. The highest BCUT2D eigenvalue weighted by atomic mass is 16.3. The van der Waals surface area contributed by atoms with Crippen LogP contribution in [0.4, 0.5) is 0 Å². The summed E-state index contributed by atoms with van der Waals surface area (Å²) in [7, 11) is 0. The quantitative estimate of drug-likeness (QED) is 0.655. The molecule has 0 atom stereocenters. The number of aromatic hydroxyl groups is 2. The van der Waals surface area contributed by atoms with Gasteiger partial charge < -0.3 is 10.2 Å². The third-order valence-electron chi connectivity index (χ3n) is 4.71. The SMILES string of the molecule is CCCCCCCCCCN1CCc2cc(O)cc(O)c2C1. The second-order valence-corrected chi connectivity index (χ2v) is 6.60. The number of benzene rings is 1. The highest BCUT2D eigenvalue weighted by molar-refractivity contribution is 5.46. The van der Waals surface area contributed by atoms with Crippen LogP contribution in [0.25, 0.3) is 0 Å². The molecule has 22 heavy (non-hydrogen) atoms. The Morgan fingerprint density at radius 2 is 1.64 bits per heavy atom. The van der Waals surface area contributed by atoms with Crippen LogP contribution in [0.3, 0.4) is 0 Å². The Morgan fingerprint density at radius 3 is 2.36 bits per heavy atom. The zero-order valence-electron chi connectivity index (χ0n) is 14.0. The molecule has 1 heterocycles. The molecule has 0 amide bonds. The number of phenolic OH excluding ortho intramolecular Hbond substituents is 2. The van der Waals surface area contributed by atoms with Gasteiger partial charge in [0.1, 0.15) is 11.5 Å². The molecule has 0 unspecified atom stereocenters. The fourth-order valence-corrected chi connectivity index (χ4v) is 3.35. The minimum atomic E-state index is 0.174. The van der Waals surface area contributed by atoms with Crippen molar-refractivity contribution in [2.75, 3.05) is 13.1 Å². The highest BCUT2D eigenvalue weighted by Crippen LogP contribution is 2.31. The third-order valence-corrected chi connectivity index (χ3v) is 4.71. The van der Waals surface area contributed by atoms with Crippen molar-refractivity contribution in [2.24, 2.45) is 0 Å². The van der Waals surface area contributed by atoms with Gasteiger partial charge in [0.25, 0.3) is 0 Å². The topological polar surface area (TPSA) is 43.7 Å². The average molecular weight is 305 g/mol. The van der Waals surface area contributed by atoms with Gasteiger partial charge in [-0.3, -0.25) is 4.90 Å². The zero-order valence-corrected chi connectivity index (χ0v) is 14.0. The first-order chi connectivity index (χ1) is 10.7. The van der Waals surface area contributed by atoms with Gasteiger partial charge in [0, 0.05) is 24.7 Å². The van der Waals surface area contributed by atoms with Crippen LogP contribution in [-0.4, -0.2) is 28.2 Å². The Balaban J connectivity index is 1.64. The predicted octanol–water partition coefficient (Wildman–Crippen LogP) is 4.60. The van der Waals surface area contributed by atoms with Crippen LogP contribution < -0.4 is 0 Å². The Bertz CT molecular complexity index is 459. The van der Waals surface area contributed by atoms with Crippen molar-refractivity contribution in [3.8, 4) is 11.5 Å². The maximum absolute atomic E-state index is 9.98. The van der Waals surface area contributed by atoms with E-state index in [0.717, 1.165) is 37.2 Å². The lowest BCUT2D eigenvalue weighted by atomic mass is 9.98. The molecule has 1 aliphatic heterocycles. The molecule has 1 aliphatic rings. The van der Waals surface area contributed by atoms with Gasteiger partial charge in [-0.05, 0) is 31.0 Å². The second kappa shape index (κ2) is 9.04. The largest absolute Gasteiger partial charge is 0.508 e. The predicted molar refractivity (Wildman–Crippen MR) is 91.4 cm³/mol. The minimum Gasteiger partial charge on any atom is -0.508 e. The van der Waals surface area contributed by atoms with Crippen molar-refractivity contribution < 1.29 is 10.2 Å². The maximum atomic E-state index is 9.98. The summed E-state index contributed by atoms with van der Waals surface area (Å²) in [6, 6.07) is 3.25. The summed E-state index contributed by atoms with van der Waals surface area (Å²) in [5.74, 6) is 0.420. The summed E-state index contributed by atoms with van der Waals surface area (Å²) < 4.78 is 0. The molecule has 3 nitrogen and oxygen atoms in total. The van der Waals surface area contributed by atoms with Crippen LogP contribution in [0.1, 0.15) is 69.4 Å². The normalized spacial score (nSPS) is 15.0. The number of hydrogen-bond acceptors (Lipinski definition) is 3. The second-order valence-electron chi connectivity index (χ2n) is 6.60. The monoisotopic (exact) mass is 305 g/mol. The molecule has 1 aromatic carbocycles. The van der Waals surface area contributed by atoms with E-state index in [2.05, 4.69) is 11.8 Å². The number of fused-ring (bicyclic) bond motifs is 1. The molecule has 1 aromatic rings. The van der Waals surface area contributed by atoms with E-state index >= 15 is 0 Å². The summed E-state index contributed by atoms with van der Waals surface area (Å²) >= 11 is 0. The number of nitrogens with zero attached hydrogens (tertiary/aromatic N) is 1. The molecular weight excluding hydrogens is 274 g/mol. The summed E-state index contributed by atoms with van der Waals surface area (Å²) in [6.45, 7) is 5.23. The summed E-state index contributed by atoms with van der Waals surface area (Å²) in [4.78, 5) is 2.43. The van der Waals surface area contributed by atoms with Crippen molar-refractivity contribution >= 4 is 0 Å². The Labute approximate surface area is 135 Å². The first kappa shape index (κ1) is 17.1. The molecule has 0 saturated heterocycles. The van der Waals surface area contributed by atoms with Crippen molar-refractivity contribution in [3.63, 3.8) is 0 Å². The van der Waals surface area contributed by atoms with Gasteiger partial charge in [-0.2, -0.15) is 0 Å². The van der Waals surface area contributed by atoms with Gasteiger partial charge in [-0.15, -0.1) is 0 Å². The number of phenols is 2. The Kier molecular flexibility index (Phi) is 7.04. The van der Waals surface area contributed by atoms with Crippen LogP contribution in [-0.2, 0) is 13.0 Å². The minimum absolute atomic E-state index is 0.174. The highest BCUT2D eigenvalue weighted by Gasteiger charge is 2.19. The summed E-state index contributed by atoms with van der Waals surface area (Å²) in [6.07, 6.45) is 11.7.